The van der Waals surface area contributed by atoms with Crippen LogP contribution in [0.25, 0.3) is 6.08 Å². The van der Waals surface area contributed by atoms with Crippen LogP contribution in [-0.2, 0) is 14.3 Å². The van der Waals surface area contributed by atoms with Crippen molar-refractivity contribution in [2.45, 2.75) is 6.92 Å². The molecule has 9 heteroatoms. The number of carbonyl (C=O) groups excluding carboxylic acids is 3. The van der Waals surface area contributed by atoms with Gasteiger partial charge in [0, 0.05) is 5.56 Å². The first-order valence-electron chi connectivity index (χ1n) is 9.00. The van der Waals surface area contributed by atoms with Crippen molar-refractivity contribution >= 4 is 52.2 Å². The standard InChI is InChI=1S/C21H18N2O5S2/c1-2-27-18(24)13-28-16-10-8-14(9-11-16)12-17-20(26)23(21(29)30-17)22-19(25)15-6-4-3-5-7-15/h3-12H,2,13H2,1H3,(H,22,25)/b17-12-. The Morgan fingerprint density at radius 1 is 1.13 bits per heavy atom. The first-order chi connectivity index (χ1) is 14.5. The zero-order chi connectivity index (χ0) is 21.5. The number of esters is 1. The van der Waals surface area contributed by atoms with Crippen LogP contribution in [0.5, 0.6) is 5.75 Å². The molecule has 0 unspecified atom stereocenters. The Hall–Kier alpha value is -3.17. The second-order valence-corrected chi connectivity index (χ2v) is 7.66. The van der Waals surface area contributed by atoms with Crippen LogP contribution in [0.4, 0.5) is 0 Å². The average molecular weight is 443 g/mol. The number of thiocarbonyl (C=S) groups is 1. The predicted molar refractivity (Wildman–Crippen MR) is 117 cm³/mol. The number of benzene rings is 2. The molecule has 1 N–H and O–H groups in total. The van der Waals surface area contributed by atoms with Crippen molar-refractivity contribution in [3.8, 4) is 5.75 Å². The fourth-order valence-corrected chi connectivity index (χ4v) is 3.66. The first kappa shape index (κ1) is 21.5. The van der Waals surface area contributed by atoms with Gasteiger partial charge in [0.2, 0.25) is 0 Å². The Morgan fingerprint density at radius 2 is 1.83 bits per heavy atom. The van der Waals surface area contributed by atoms with Crippen LogP contribution in [-0.4, -0.2) is 40.3 Å². The number of nitrogens with one attached hydrogen (secondary N) is 1. The number of amides is 2. The molecular weight excluding hydrogens is 424 g/mol. The molecule has 1 fully saturated rings. The maximum atomic E-state index is 12.7. The van der Waals surface area contributed by atoms with Crippen molar-refractivity contribution in [3.05, 3.63) is 70.6 Å². The van der Waals surface area contributed by atoms with Crippen LogP contribution in [0.1, 0.15) is 22.8 Å². The lowest BCUT2D eigenvalue weighted by Crippen LogP contribution is -2.44. The maximum absolute atomic E-state index is 12.7. The monoisotopic (exact) mass is 442 g/mol. The van der Waals surface area contributed by atoms with E-state index in [4.69, 9.17) is 21.7 Å². The minimum atomic E-state index is -0.442. The van der Waals surface area contributed by atoms with Crippen molar-refractivity contribution in [1.82, 2.24) is 10.4 Å². The van der Waals surface area contributed by atoms with Crippen molar-refractivity contribution in [2.24, 2.45) is 0 Å². The molecule has 0 atom stereocenters. The summed E-state index contributed by atoms with van der Waals surface area (Å²) in [6.45, 7) is 1.85. The van der Waals surface area contributed by atoms with Crippen LogP contribution >= 0.6 is 24.0 Å². The zero-order valence-corrected chi connectivity index (χ0v) is 17.6. The highest BCUT2D eigenvalue weighted by molar-refractivity contribution is 8.26. The molecule has 0 saturated carbocycles. The van der Waals surface area contributed by atoms with E-state index in [9.17, 15) is 14.4 Å². The molecule has 0 aliphatic carbocycles. The van der Waals surface area contributed by atoms with Crippen LogP contribution < -0.4 is 10.2 Å². The SMILES string of the molecule is CCOC(=O)COc1ccc(/C=C2\SC(=S)N(NC(=O)c3ccccc3)C2=O)cc1. The lowest BCUT2D eigenvalue weighted by molar-refractivity contribution is -0.145. The molecule has 2 amide bonds. The third-order valence-electron chi connectivity index (χ3n) is 3.88. The van der Waals surface area contributed by atoms with Gasteiger partial charge in [0.1, 0.15) is 5.75 Å². The molecule has 1 heterocycles. The van der Waals surface area contributed by atoms with Crippen LogP contribution in [0, 0.1) is 0 Å². The molecule has 0 aromatic heterocycles. The number of rotatable bonds is 7. The van der Waals surface area contributed by atoms with Crippen LogP contribution in [0.15, 0.2) is 59.5 Å². The summed E-state index contributed by atoms with van der Waals surface area (Å²) in [4.78, 5) is 36.7. The smallest absolute Gasteiger partial charge is 0.344 e. The summed E-state index contributed by atoms with van der Waals surface area (Å²) in [5, 5.41) is 1.07. The van der Waals surface area contributed by atoms with Gasteiger partial charge in [0.25, 0.3) is 11.8 Å². The summed E-state index contributed by atoms with van der Waals surface area (Å²) >= 11 is 6.33. The van der Waals surface area contributed by atoms with E-state index in [0.29, 0.717) is 22.8 Å². The van der Waals surface area contributed by atoms with Crippen molar-refractivity contribution in [2.75, 3.05) is 13.2 Å². The second-order valence-electron chi connectivity index (χ2n) is 5.99. The first-order valence-corrected chi connectivity index (χ1v) is 10.2. The fraction of sp³-hybridized carbons (Fsp3) is 0.143. The maximum Gasteiger partial charge on any atom is 0.344 e. The van der Waals surface area contributed by atoms with E-state index in [0.717, 1.165) is 22.3 Å². The molecule has 154 valence electrons. The Balaban J connectivity index is 1.63. The van der Waals surface area contributed by atoms with Gasteiger partial charge in [-0.25, -0.2) is 4.79 Å². The fourth-order valence-electron chi connectivity index (χ4n) is 2.48. The average Bonchev–Trinajstić information content (AvgIpc) is 3.01. The molecule has 7 nitrogen and oxygen atoms in total. The highest BCUT2D eigenvalue weighted by atomic mass is 32.2. The van der Waals surface area contributed by atoms with Gasteiger partial charge in [0.05, 0.1) is 11.5 Å². The van der Waals surface area contributed by atoms with Gasteiger partial charge in [-0.3, -0.25) is 15.0 Å². The summed E-state index contributed by atoms with van der Waals surface area (Å²) in [6.07, 6.45) is 1.67. The molecule has 2 aromatic rings. The van der Waals surface area contributed by atoms with E-state index in [1.165, 1.54) is 0 Å². The van der Waals surface area contributed by atoms with Gasteiger partial charge in [-0.1, -0.05) is 42.1 Å². The Bertz CT molecular complexity index is 990. The molecule has 2 aromatic carbocycles. The second kappa shape index (κ2) is 10.0. The zero-order valence-electron chi connectivity index (χ0n) is 16.0. The van der Waals surface area contributed by atoms with Gasteiger partial charge in [0.15, 0.2) is 10.9 Å². The number of hydrogen-bond donors (Lipinski definition) is 1. The molecule has 1 aliphatic rings. The van der Waals surface area contributed by atoms with E-state index >= 15 is 0 Å². The summed E-state index contributed by atoms with van der Waals surface area (Å²) in [5.74, 6) is -0.765. The molecule has 0 bridgehead atoms. The molecule has 3 rings (SSSR count). The van der Waals surface area contributed by atoms with Gasteiger partial charge in [-0.05, 0) is 55.0 Å². The number of hydrazine groups is 1. The molecular formula is C21H18N2O5S2. The quantitative estimate of drug-likeness (QED) is 0.400. The highest BCUT2D eigenvalue weighted by Crippen LogP contribution is 2.31. The van der Waals surface area contributed by atoms with Crippen LogP contribution in [0.3, 0.4) is 0 Å². The summed E-state index contributed by atoms with van der Waals surface area (Å²) in [6, 6.07) is 15.4. The number of nitrogens with zero attached hydrogens (tertiary/aromatic N) is 1. The minimum absolute atomic E-state index is 0.174. The topological polar surface area (TPSA) is 84.9 Å². The van der Waals surface area contributed by atoms with E-state index in [2.05, 4.69) is 5.43 Å². The molecule has 30 heavy (non-hydrogen) atoms. The molecule has 0 spiro atoms. The molecule has 1 aliphatic heterocycles. The Labute approximate surface area is 183 Å². The van der Waals surface area contributed by atoms with Crippen molar-refractivity contribution < 1.29 is 23.9 Å². The Morgan fingerprint density at radius 3 is 2.50 bits per heavy atom. The number of carbonyl (C=O) groups is 3. The highest BCUT2D eigenvalue weighted by Gasteiger charge is 2.33. The van der Waals surface area contributed by atoms with Crippen molar-refractivity contribution in [1.29, 1.82) is 0 Å². The minimum Gasteiger partial charge on any atom is -0.482 e. The van der Waals surface area contributed by atoms with Crippen molar-refractivity contribution in [3.63, 3.8) is 0 Å². The summed E-state index contributed by atoms with van der Waals surface area (Å²) in [7, 11) is 0. The van der Waals surface area contributed by atoms with Gasteiger partial charge >= 0.3 is 5.97 Å². The summed E-state index contributed by atoms with van der Waals surface area (Å²) in [5.41, 5.74) is 3.70. The predicted octanol–water partition coefficient (Wildman–Crippen LogP) is 3.17. The third kappa shape index (κ3) is 5.46. The summed E-state index contributed by atoms with van der Waals surface area (Å²) < 4.78 is 10.4. The van der Waals surface area contributed by atoms with Gasteiger partial charge < -0.3 is 9.47 Å². The van der Waals surface area contributed by atoms with E-state index in [1.807, 2.05) is 0 Å². The number of hydrogen-bond acceptors (Lipinski definition) is 7. The number of ether oxygens (including phenoxy) is 2. The lowest BCUT2D eigenvalue weighted by Gasteiger charge is -2.15. The Kier molecular flexibility index (Phi) is 7.21. The molecule has 0 radical (unpaired) electrons. The van der Waals surface area contributed by atoms with Gasteiger partial charge in [-0.15, -0.1) is 0 Å². The lowest BCUT2D eigenvalue weighted by atomic mass is 10.2. The third-order valence-corrected chi connectivity index (χ3v) is 5.19. The molecule has 1 saturated heterocycles. The normalized spacial score (nSPS) is 14.7. The number of thioether (sulfide) groups is 1. The largest absolute Gasteiger partial charge is 0.482 e. The van der Waals surface area contributed by atoms with E-state index in [-0.39, 0.29) is 10.9 Å². The van der Waals surface area contributed by atoms with Crippen LogP contribution in [0.2, 0.25) is 0 Å². The van der Waals surface area contributed by atoms with Gasteiger partial charge in [-0.2, -0.15) is 5.01 Å². The van der Waals surface area contributed by atoms with E-state index in [1.54, 1.807) is 67.6 Å². The van der Waals surface area contributed by atoms with E-state index < -0.39 is 17.8 Å².